The number of hydrogen-bond donors (Lipinski definition) is 1. The van der Waals surface area contributed by atoms with Gasteiger partial charge in [-0.2, -0.15) is 0 Å². The van der Waals surface area contributed by atoms with E-state index in [4.69, 9.17) is 4.74 Å². The lowest BCUT2D eigenvalue weighted by Gasteiger charge is -2.40. The topological polar surface area (TPSA) is 40.1 Å². The maximum absolute atomic E-state index is 14.2. The second-order valence-corrected chi connectivity index (χ2v) is 6.43. The van der Waals surface area contributed by atoms with Crippen molar-refractivity contribution in [3.63, 3.8) is 0 Å². The molecule has 1 N–H and O–H groups in total. The summed E-state index contributed by atoms with van der Waals surface area (Å²) in [7, 11) is 3.48. The van der Waals surface area contributed by atoms with Crippen LogP contribution in [0.5, 0.6) is 0 Å². The average Bonchev–Trinajstić information content (AvgIpc) is 2.65. The zero-order chi connectivity index (χ0) is 18.9. The highest BCUT2D eigenvalue weighted by atomic mass is 19.1. The largest absolute Gasteiger partial charge is 0.385 e. The Bertz CT molecular complexity index is 589. The fraction of sp³-hybridized carbons (Fsp3) is 0.632. The fourth-order valence-electron chi connectivity index (χ4n) is 3.44. The maximum Gasteiger partial charge on any atom is 0.193 e. The number of benzene rings is 1. The first-order valence-corrected chi connectivity index (χ1v) is 9.24. The normalized spacial score (nSPS) is 17.4. The van der Waals surface area contributed by atoms with Crippen LogP contribution in [-0.2, 0) is 4.74 Å². The van der Waals surface area contributed by atoms with Gasteiger partial charge in [0, 0.05) is 71.2 Å². The molecule has 1 heterocycles. The van der Waals surface area contributed by atoms with Crippen molar-refractivity contribution in [1.82, 2.24) is 15.1 Å². The number of guanidine groups is 1. The van der Waals surface area contributed by atoms with Gasteiger partial charge in [0.25, 0.3) is 0 Å². The van der Waals surface area contributed by atoms with Gasteiger partial charge in [0.2, 0.25) is 0 Å². The van der Waals surface area contributed by atoms with E-state index in [0.29, 0.717) is 5.56 Å². The van der Waals surface area contributed by atoms with Crippen molar-refractivity contribution in [2.24, 2.45) is 4.99 Å². The summed E-state index contributed by atoms with van der Waals surface area (Å²) < 4.78 is 32.4. The lowest BCUT2D eigenvalue weighted by Crippen LogP contribution is -2.53. The molecule has 0 aromatic heterocycles. The molecule has 2 rings (SSSR count). The van der Waals surface area contributed by atoms with Gasteiger partial charge >= 0.3 is 0 Å². The van der Waals surface area contributed by atoms with E-state index in [2.05, 4.69) is 20.1 Å². The predicted molar refractivity (Wildman–Crippen MR) is 100 cm³/mol. The minimum Gasteiger partial charge on any atom is -0.385 e. The molecule has 1 unspecified atom stereocenters. The van der Waals surface area contributed by atoms with E-state index in [1.54, 1.807) is 20.2 Å². The van der Waals surface area contributed by atoms with Crippen LogP contribution in [0.4, 0.5) is 8.78 Å². The van der Waals surface area contributed by atoms with Gasteiger partial charge in [-0.15, -0.1) is 0 Å². The molecule has 1 aromatic carbocycles. The Labute approximate surface area is 155 Å². The van der Waals surface area contributed by atoms with Crippen LogP contribution in [-0.4, -0.2) is 69.2 Å². The smallest absolute Gasteiger partial charge is 0.193 e. The molecule has 5 nitrogen and oxygen atoms in total. The lowest BCUT2D eigenvalue weighted by molar-refractivity contribution is 0.124. The Morgan fingerprint density at radius 1 is 1.27 bits per heavy atom. The molecule has 1 atom stereocenters. The molecule has 0 aliphatic carbocycles. The van der Waals surface area contributed by atoms with E-state index >= 15 is 0 Å². The minimum absolute atomic E-state index is 0.0329. The highest BCUT2D eigenvalue weighted by molar-refractivity contribution is 5.79. The molecular formula is C19H30F2N4O. The molecule has 0 radical (unpaired) electrons. The van der Waals surface area contributed by atoms with Gasteiger partial charge < -0.3 is 15.0 Å². The maximum atomic E-state index is 14.2. The van der Waals surface area contributed by atoms with Crippen LogP contribution in [0.15, 0.2) is 23.2 Å². The van der Waals surface area contributed by atoms with E-state index in [-0.39, 0.29) is 6.04 Å². The number of piperazine rings is 1. The third-order valence-corrected chi connectivity index (χ3v) is 4.78. The van der Waals surface area contributed by atoms with Gasteiger partial charge in [0.15, 0.2) is 5.96 Å². The number of nitrogens with one attached hydrogen (secondary N) is 1. The Morgan fingerprint density at radius 3 is 2.58 bits per heavy atom. The third kappa shape index (κ3) is 5.38. The molecule has 26 heavy (non-hydrogen) atoms. The number of methoxy groups -OCH3 is 1. The van der Waals surface area contributed by atoms with Crippen LogP contribution >= 0.6 is 0 Å². The first-order chi connectivity index (χ1) is 12.6. The number of halogens is 2. The minimum atomic E-state index is -0.533. The van der Waals surface area contributed by atoms with Crippen LogP contribution in [0.1, 0.15) is 31.4 Å². The second-order valence-electron chi connectivity index (χ2n) is 6.43. The molecule has 0 saturated carbocycles. The summed E-state index contributed by atoms with van der Waals surface area (Å²) in [5.74, 6) is -0.106. The van der Waals surface area contributed by atoms with Crippen LogP contribution in [0.25, 0.3) is 0 Å². The Kier molecular flexibility index (Phi) is 8.25. The van der Waals surface area contributed by atoms with Crippen molar-refractivity contribution in [2.75, 3.05) is 53.5 Å². The molecule has 7 heteroatoms. The average molecular weight is 368 g/mol. The standard InChI is InChI=1S/C19H30F2N4O/c1-4-18(16-7-6-15(20)14-17(16)21)24-9-11-25(12-10-24)19(22-2)23-8-5-13-26-3/h6-7,14,18H,4-5,8-13H2,1-3H3,(H,22,23). The molecule has 1 aromatic rings. The van der Waals surface area contributed by atoms with Gasteiger partial charge in [-0.25, -0.2) is 8.78 Å². The summed E-state index contributed by atoms with van der Waals surface area (Å²) in [6.45, 7) is 6.85. The number of hydrogen-bond acceptors (Lipinski definition) is 3. The molecule has 146 valence electrons. The summed E-state index contributed by atoms with van der Waals surface area (Å²) >= 11 is 0. The lowest BCUT2D eigenvalue weighted by atomic mass is 10.0. The highest BCUT2D eigenvalue weighted by Gasteiger charge is 2.27. The van der Waals surface area contributed by atoms with Gasteiger partial charge in [0.05, 0.1) is 0 Å². The van der Waals surface area contributed by atoms with E-state index in [1.165, 1.54) is 6.07 Å². The van der Waals surface area contributed by atoms with Gasteiger partial charge in [-0.05, 0) is 18.9 Å². The Morgan fingerprint density at radius 2 is 2.00 bits per heavy atom. The fourth-order valence-corrected chi connectivity index (χ4v) is 3.44. The molecule has 0 spiro atoms. The number of nitrogens with zero attached hydrogens (tertiary/aromatic N) is 3. The SMILES string of the molecule is CCC(c1ccc(F)cc1F)N1CCN(C(=NC)NCCCOC)CC1. The van der Waals surface area contributed by atoms with Crippen LogP contribution in [0, 0.1) is 11.6 Å². The van der Waals surface area contributed by atoms with Gasteiger partial charge in [-0.1, -0.05) is 13.0 Å². The number of ether oxygens (including phenoxy) is 1. The molecule has 0 bridgehead atoms. The summed E-state index contributed by atoms with van der Waals surface area (Å²) in [4.78, 5) is 8.84. The summed E-state index contributed by atoms with van der Waals surface area (Å²) in [5.41, 5.74) is 0.574. The first kappa shape index (κ1) is 20.6. The molecule has 1 saturated heterocycles. The van der Waals surface area contributed by atoms with Crippen molar-refractivity contribution in [3.8, 4) is 0 Å². The van der Waals surface area contributed by atoms with Crippen LogP contribution < -0.4 is 5.32 Å². The summed E-state index contributed by atoms with van der Waals surface area (Å²) in [6, 6.07) is 3.85. The molecule has 1 aliphatic rings. The zero-order valence-corrected chi connectivity index (χ0v) is 16.0. The summed E-state index contributed by atoms with van der Waals surface area (Å²) in [5, 5.41) is 3.35. The molecular weight excluding hydrogens is 338 g/mol. The quantitative estimate of drug-likeness (QED) is 0.456. The first-order valence-electron chi connectivity index (χ1n) is 9.24. The number of aliphatic imine (C=N–C) groups is 1. The zero-order valence-electron chi connectivity index (χ0n) is 16.0. The van der Waals surface area contributed by atoms with Crippen molar-refractivity contribution < 1.29 is 13.5 Å². The van der Waals surface area contributed by atoms with E-state index in [1.807, 2.05) is 6.92 Å². The van der Waals surface area contributed by atoms with E-state index < -0.39 is 11.6 Å². The van der Waals surface area contributed by atoms with E-state index in [9.17, 15) is 8.78 Å². The van der Waals surface area contributed by atoms with Gasteiger partial charge in [-0.3, -0.25) is 9.89 Å². The van der Waals surface area contributed by atoms with Crippen LogP contribution in [0.2, 0.25) is 0 Å². The third-order valence-electron chi connectivity index (χ3n) is 4.78. The molecule has 1 aliphatic heterocycles. The van der Waals surface area contributed by atoms with Gasteiger partial charge in [0.1, 0.15) is 11.6 Å². The van der Waals surface area contributed by atoms with E-state index in [0.717, 1.165) is 64.2 Å². The van der Waals surface area contributed by atoms with Crippen molar-refractivity contribution >= 4 is 5.96 Å². The van der Waals surface area contributed by atoms with Crippen molar-refractivity contribution in [3.05, 3.63) is 35.4 Å². The molecule has 0 amide bonds. The van der Waals surface area contributed by atoms with Crippen LogP contribution in [0.3, 0.4) is 0 Å². The monoisotopic (exact) mass is 368 g/mol. The summed E-state index contributed by atoms with van der Waals surface area (Å²) in [6.07, 6.45) is 1.71. The van der Waals surface area contributed by atoms with Crippen molar-refractivity contribution in [2.45, 2.75) is 25.8 Å². The highest BCUT2D eigenvalue weighted by Crippen LogP contribution is 2.28. The number of rotatable bonds is 7. The van der Waals surface area contributed by atoms with Crippen molar-refractivity contribution in [1.29, 1.82) is 0 Å². The predicted octanol–water partition coefficient (Wildman–Crippen LogP) is 2.65. The molecule has 1 fully saturated rings. The Balaban J connectivity index is 1.93. The Hall–Kier alpha value is -1.73. The second kappa shape index (κ2) is 10.4.